The number of rotatable bonds is 17. The standard InChI is InChI=1S/C31H57NO.BrH/c1-5-7-8-9-10-11-12-13-14-15-16-17-18-19-31(3,4)32(6-2)30(33)29-27-21-25-20-26(23-27)24-28(29)22-25;/h25-29H,5-24H2,1-4H3;1H. The number of carbonyl (C=O) groups excluding carboxylic acids is 1. The lowest BCUT2D eigenvalue weighted by Crippen LogP contribution is -2.56. The SMILES string of the molecule is Br.CCCCCCCCCCCCCCCC(C)(C)N(CC)C(=O)C1C2CC3CC(C2)CC1C3. The molecule has 0 aliphatic heterocycles. The number of carbonyl (C=O) groups is 1. The van der Waals surface area contributed by atoms with Gasteiger partial charge in [-0.15, -0.1) is 17.0 Å². The molecule has 2 nitrogen and oxygen atoms in total. The molecule has 4 aliphatic carbocycles. The molecule has 34 heavy (non-hydrogen) atoms. The largest absolute Gasteiger partial charge is 0.338 e. The quantitative estimate of drug-likeness (QED) is 0.168. The fourth-order valence-corrected chi connectivity index (χ4v) is 8.10. The molecule has 4 aliphatic rings. The lowest BCUT2D eigenvalue weighted by Gasteiger charge is -2.55. The fourth-order valence-electron chi connectivity index (χ4n) is 8.10. The summed E-state index contributed by atoms with van der Waals surface area (Å²) in [6.07, 6.45) is 26.3. The number of halogens is 1. The molecule has 0 heterocycles. The van der Waals surface area contributed by atoms with Crippen LogP contribution in [0.3, 0.4) is 0 Å². The minimum Gasteiger partial charge on any atom is -0.338 e. The van der Waals surface area contributed by atoms with Gasteiger partial charge in [-0.05, 0) is 83.0 Å². The van der Waals surface area contributed by atoms with Crippen molar-refractivity contribution in [2.24, 2.45) is 29.6 Å². The van der Waals surface area contributed by atoms with Crippen molar-refractivity contribution in [3.63, 3.8) is 0 Å². The van der Waals surface area contributed by atoms with Gasteiger partial charge >= 0.3 is 0 Å². The van der Waals surface area contributed by atoms with Gasteiger partial charge in [0.15, 0.2) is 0 Å². The molecule has 0 aromatic heterocycles. The van der Waals surface area contributed by atoms with Crippen LogP contribution >= 0.6 is 17.0 Å². The van der Waals surface area contributed by atoms with Gasteiger partial charge in [-0.2, -0.15) is 0 Å². The zero-order valence-corrected chi connectivity index (χ0v) is 25.0. The number of unbranched alkanes of at least 4 members (excludes halogenated alkanes) is 12. The highest BCUT2D eigenvalue weighted by Crippen LogP contribution is 2.57. The van der Waals surface area contributed by atoms with Gasteiger partial charge in [-0.3, -0.25) is 4.79 Å². The second kappa shape index (κ2) is 15.3. The van der Waals surface area contributed by atoms with Crippen molar-refractivity contribution in [1.82, 2.24) is 4.90 Å². The van der Waals surface area contributed by atoms with Crippen molar-refractivity contribution >= 4 is 22.9 Å². The first-order valence-corrected chi connectivity index (χ1v) is 15.3. The second-order valence-corrected chi connectivity index (χ2v) is 12.8. The maximum absolute atomic E-state index is 13.8. The lowest BCUT2D eigenvalue weighted by atomic mass is 9.51. The molecular weight excluding hydrogens is 482 g/mol. The Morgan fingerprint density at radius 1 is 0.676 bits per heavy atom. The molecule has 4 saturated carbocycles. The molecule has 3 heteroatoms. The first kappa shape index (κ1) is 30.2. The zero-order chi connectivity index (χ0) is 23.7. The van der Waals surface area contributed by atoms with Crippen molar-refractivity contribution in [2.45, 2.75) is 155 Å². The molecule has 0 aromatic carbocycles. The van der Waals surface area contributed by atoms with Crippen molar-refractivity contribution < 1.29 is 4.79 Å². The first-order valence-electron chi connectivity index (χ1n) is 15.3. The van der Waals surface area contributed by atoms with Crippen LogP contribution in [0.1, 0.15) is 150 Å². The van der Waals surface area contributed by atoms with Gasteiger partial charge in [0.2, 0.25) is 5.91 Å². The number of hydrogen-bond acceptors (Lipinski definition) is 1. The van der Waals surface area contributed by atoms with E-state index in [2.05, 4.69) is 32.6 Å². The highest BCUT2D eigenvalue weighted by molar-refractivity contribution is 8.93. The van der Waals surface area contributed by atoms with Gasteiger partial charge in [0, 0.05) is 18.0 Å². The Hall–Kier alpha value is -0.0500. The van der Waals surface area contributed by atoms with E-state index in [0.29, 0.717) is 23.7 Å². The molecule has 0 unspecified atom stereocenters. The van der Waals surface area contributed by atoms with E-state index in [4.69, 9.17) is 0 Å². The van der Waals surface area contributed by atoms with Crippen molar-refractivity contribution in [2.75, 3.05) is 6.54 Å². The summed E-state index contributed by atoms with van der Waals surface area (Å²) in [5, 5.41) is 0. The Morgan fingerprint density at radius 3 is 1.50 bits per heavy atom. The summed E-state index contributed by atoms with van der Waals surface area (Å²) >= 11 is 0. The molecule has 0 radical (unpaired) electrons. The molecule has 200 valence electrons. The van der Waals surface area contributed by atoms with E-state index < -0.39 is 0 Å². The molecule has 4 fully saturated rings. The van der Waals surface area contributed by atoms with Crippen molar-refractivity contribution in [3.8, 4) is 0 Å². The van der Waals surface area contributed by atoms with Crippen molar-refractivity contribution in [3.05, 3.63) is 0 Å². The van der Waals surface area contributed by atoms with Crippen LogP contribution in [0.15, 0.2) is 0 Å². The Bertz CT molecular complexity index is 546. The van der Waals surface area contributed by atoms with Gasteiger partial charge in [0.05, 0.1) is 0 Å². The summed E-state index contributed by atoms with van der Waals surface area (Å²) in [6.45, 7) is 10.1. The van der Waals surface area contributed by atoms with E-state index in [1.54, 1.807) is 0 Å². The topological polar surface area (TPSA) is 20.3 Å². The smallest absolute Gasteiger partial charge is 0.226 e. The Kier molecular flexibility index (Phi) is 13.5. The van der Waals surface area contributed by atoms with E-state index in [1.807, 2.05) is 0 Å². The van der Waals surface area contributed by atoms with Crippen LogP contribution < -0.4 is 0 Å². The van der Waals surface area contributed by atoms with Crippen LogP contribution in [-0.2, 0) is 4.79 Å². The minimum absolute atomic E-state index is 0. The maximum Gasteiger partial charge on any atom is 0.226 e. The molecule has 0 spiro atoms. The van der Waals surface area contributed by atoms with Crippen LogP contribution in [0.4, 0.5) is 0 Å². The highest BCUT2D eigenvalue weighted by Gasteiger charge is 2.52. The third kappa shape index (κ3) is 8.52. The maximum atomic E-state index is 13.8. The molecule has 4 rings (SSSR count). The number of nitrogens with zero attached hydrogens (tertiary/aromatic N) is 1. The molecule has 0 saturated heterocycles. The Balaban J connectivity index is 0.00000408. The van der Waals surface area contributed by atoms with E-state index in [0.717, 1.165) is 24.8 Å². The minimum atomic E-state index is 0. The summed E-state index contributed by atoms with van der Waals surface area (Å²) < 4.78 is 0. The Labute approximate surface area is 223 Å². The summed E-state index contributed by atoms with van der Waals surface area (Å²) in [6, 6.07) is 0. The van der Waals surface area contributed by atoms with Gasteiger partial charge < -0.3 is 4.90 Å². The van der Waals surface area contributed by atoms with Crippen molar-refractivity contribution in [1.29, 1.82) is 0 Å². The molecule has 0 N–H and O–H groups in total. The summed E-state index contributed by atoms with van der Waals surface area (Å²) in [7, 11) is 0. The molecule has 4 bridgehead atoms. The van der Waals surface area contributed by atoms with Crippen LogP contribution in [-0.4, -0.2) is 22.9 Å². The molecular formula is C31H58BrNO. The van der Waals surface area contributed by atoms with Crippen LogP contribution in [0, 0.1) is 29.6 Å². The summed E-state index contributed by atoms with van der Waals surface area (Å²) in [5.41, 5.74) is 0.0122. The predicted molar refractivity (Wildman–Crippen MR) is 153 cm³/mol. The number of hydrogen-bond donors (Lipinski definition) is 0. The Morgan fingerprint density at radius 2 is 1.09 bits per heavy atom. The predicted octanol–water partition coefficient (Wildman–Crippen LogP) is 9.74. The average molecular weight is 541 g/mol. The zero-order valence-electron chi connectivity index (χ0n) is 23.3. The highest BCUT2D eigenvalue weighted by atomic mass is 79.9. The van der Waals surface area contributed by atoms with Gasteiger partial charge in [-0.1, -0.05) is 90.4 Å². The third-order valence-electron chi connectivity index (χ3n) is 9.72. The van der Waals surface area contributed by atoms with Gasteiger partial charge in [-0.25, -0.2) is 0 Å². The normalized spacial score (nSPS) is 27.6. The van der Waals surface area contributed by atoms with E-state index in [9.17, 15) is 4.79 Å². The average Bonchev–Trinajstić information content (AvgIpc) is 2.76. The van der Waals surface area contributed by atoms with E-state index >= 15 is 0 Å². The molecule has 0 aromatic rings. The van der Waals surface area contributed by atoms with Gasteiger partial charge in [0.1, 0.15) is 0 Å². The van der Waals surface area contributed by atoms with Crippen LogP contribution in [0.25, 0.3) is 0 Å². The van der Waals surface area contributed by atoms with Crippen LogP contribution in [0.2, 0.25) is 0 Å². The van der Waals surface area contributed by atoms with Crippen LogP contribution in [0.5, 0.6) is 0 Å². The molecule has 1 amide bonds. The summed E-state index contributed by atoms with van der Waals surface area (Å²) in [4.78, 5) is 16.1. The monoisotopic (exact) mass is 539 g/mol. The molecule has 0 atom stereocenters. The third-order valence-corrected chi connectivity index (χ3v) is 9.72. The fraction of sp³-hybridized carbons (Fsp3) is 0.968. The lowest BCUT2D eigenvalue weighted by molar-refractivity contribution is -0.154. The first-order chi connectivity index (χ1) is 16.0. The summed E-state index contributed by atoms with van der Waals surface area (Å²) in [5.74, 6) is 4.18. The number of amides is 1. The van der Waals surface area contributed by atoms with E-state index in [1.165, 1.54) is 116 Å². The van der Waals surface area contributed by atoms with Gasteiger partial charge in [0.25, 0.3) is 0 Å². The van der Waals surface area contributed by atoms with E-state index in [-0.39, 0.29) is 22.5 Å². The second-order valence-electron chi connectivity index (χ2n) is 12.8.